The highest BCUT2D eigenvalue weighted by Gasteiger charge is 2.18. The van der Waals surface area contributed by atoms with Gasteiger partial charge in [-0.05, 0) is 33.6 Å². The van der Waals surface area contributed by atoms with E-state index in [1.54, 1.807) is 24.3 Å². The van der Waals surface area contributed by atoms with Crippen molar-refractivity contribution >= 4 is 33.7 Å². The van der Waals surface area contributed by atoms with Crippen LogP contribution in [0.25, 0.3) is 0 Å². The molecule has 5 nitrogen and oxygen atoms in total. The van der Waals surface area contributed by atoms with E-state index in [1.807, 2.05) is 6.07 Å². The normalized spacial score (nSPS) is 10.1. The van der Waals surface area contributed by atoms with Crippen LogP contribution in [0.15, 0.2) is 46.9 Å². The second-order valence-corrected chi connectivity index (χ2v) is 5.16. The van der Waals surface area contributed by atoms with E-state index in [1.165, 1.54) is 0 Å². The molecule has 114 valence electrons. The average molecular weight is 368 g/mol. The minimum absolute atomic E-state index is 0.0194. The summed E-state index contributed by atoms with van der Waals surface area (Å²) < 4.78 is 18.3. The van der Waals surface area contributed by atoms with Crippen LogP contribution < -0.4 is 5.32 Å². The smallest absolute Gasteiger partial charge is 0.411 e. The maximum Gasteiger partial charge on any atom is 0.411 e. The summed E-state index contributed by atoms with van der Waals surface area (Å²) in [6.45, 7) is 0.0194. The van der Waals surface area contributed by atoms with Gasteiger partial charge >= 0.3 is 12.1 Å². The number of carboxylic acids is 1. The molecule has 0 aliphatic carbocycles. The molecule has 0 spiro atoms. The SMILES string of the molecule is O=C(Nc1cc(F)cc(Br)c1C(=O)O)OCc1ccccc1. The van der Waals surface area contributed by atoms with Crippen LogP contribution >= 0.6 is 15.9 Å². The fourth-order valence-corrected chi connectivity index (χ4v) is 2.36. The number of anilines is 1. The van der Waals surface area contributed by atoms with Gasteiger partial charge in [-0.3, -0.25) is 5.32 Å². The zero-order chi connectivity index (χ0) is 16.1. The van der Waals surface area contributed by atoms with Crippen LogP contribution in [0, 0.1) is 5.82 Å². The van der Waals surface area contributed by atoms with Crippen LogP contribution in [0.5, 0.6) is 0 Å². The Morgan fingerprint density at radius 1 is 1.23 bits per heavy atom. The summed E-state index contributed by atoms with van der Waals surface area (Å²) in [5.74, 6) is -1.99. The van der Waals surface area contributed by atoms with Crippen molar-refractivity contribution in [3.05, 3.63) is 63.9 Å². The molecular weight excluding hydrogens is 357 g/mol. The fourth-order valence-electron chi connectivity index (χ4n) is 1.76. The number of amides is 1. The maximum atomic E-state index is 13.4. The van der Waals surface area contributed by atoms with Crippen molar-refractivity contribution in [1.82, 2.24) is 0 Å². The number of hydrogen-bond donors (Lipinski definition) is 2. The molecule has 0 aliphatic rings. The summed E-state index contributed by atoms with van der Waals surface area (Å²) >= 11 is 2.95. The van der Waals surface area contributed by atoms with E-state index < -0.39 is 17.9 Å². The number of carbonyl (C=O) groups is 2. The van der Waals surface area contributed by atoms with E-state index in [0.29, 0.717) is 0 Å². The Morgan fingerprint density at radius 3 is 2.55 bits per heavy atom. The first-order valence-corrected chi connectivity index (χ1v) is 6.96. The molecule has 2 aromatic carbocycles. The fraction of sp³-hybridized carbons (Fsp3) is 0.0667. The van der Waals surface area contributed by atoms with E-state index in [-0.39, 0.29) is 22.3 Å². The second kappa shape index (κ2) is 7.04. The number of rotatable bonds is 4. The van der Waals surface area contributed by atoms with Crippen molar-refractivity contribution in [2.24, 2.45) is 0 Å². The molecule has 22 heavy (non-hydrogen) atoms. The molecule has 0 aromatic heterocycles. The summed E-state index contributed by atoms with van der Waals surface area (Å²) in [5.41, 5.74) is 0.340. The minimum Gasteiger partial charge on any atom is -0.478 e. The van der Waals surface area contributed by atoms with Gasteiger partial charge in [0.05, 0.1) is 11.3 Å². The number of benzene rings is 2. The average Bonchev–Trinajstić information content (AvgIpc) is 2.45. The van der Waals surface area contributed by atoms with Crippen LogP contribution in [-0.2, 0) is 11.3 Å². The van der Waals surface area contributed by atoms with Crippen LogP contribution in [0.2, 0.25) is 0 Å². The van der Waals surface area contributed by atoms with Gasteiger partial charge in [-0.2, -0.15) is 0 Å². The predicted octanol–water partition coefficient (Wildman–Crippen LogP) is 4.04. The lowest BCUT2D eigenvalue weighted by molar-refractivity contribution is 0.0697. The van der Waals surface area contributed by atoms with Gasteiger partial charge in [0.1, 0.15) is 12.4 Å². The Morgan fingerprint density at radius 2 is 1.91 bits per heavy atom. The van der Waals surface area contributed by atoms with Crippen LogP contribution in [0.3, 0.4) is 0 Å². The Kier molecular flexibility index (Phi) is 5.11. The van der Waals surface area contributed by atoms with Gasteiger partial charge in [0, 0.05) is 4.47 Å². The van der Waals surface area contributed by atoms with Crippen molar-refractivity contribution in [2.45, 2.75) is 6.61 Å². The number of aromatic carboxylic acids is 1. The molecule has 0 saturated carbocycles. The van der Waals surface area contributed by atoms with Crippen LogP contribution in [0.1, 0.15) is 15.9 Å². The lowest BCUT2D eigenvalue weighted by atomic mass is 10.2. The molecule has 0 fully saturated rings. The van der Waals surface area contributed by atoms with Crippen molar-refractivity contribution in [3.8, 4) is 0 Å². The first kappa shape index (κ1) is 16.0. The molecule has 0 unspecified atom stereocenters. The lowest BCUT2D eigenvalue weighted by Crippen LogP contribution is -2.16. The molecule has 0 heterocycles. The third-order valence-electron chi connectivity index (χ3n) is 2.72. The summed E-state index contributed by atoms with van der Waals surface area (Å²) in [4.78, 5) is 22.9. The summed E-state index contributed by atoms with van der Waals surface area (Å²) in [6, 6.07) is 10.9. The van der Waals surface area contributed by atoms with Gasteiger partial charge in [0.15, 0.2) is 0 Å². The third-order valence-corrected chi connectivity index (χ3v) is 3.34. The summed E-state index contributed by atoms with van der Waals surface area (Å²) in [7, 11) is 0. The Balaban J connectivity index is 2.10. The molecule has 2 aromatic rings. The Bertz CT molecular complexity index is 706. The second-order valence-electron chi connectivity index (χ2n) is 4.30. The van der Waals surface area contributed by atoms with Gasteiger partial charge in [-0.1, -0.05) is 30.3 Å². The van der Waals surface area contributed by atoms with E-state index in [0.717, 1.165) is 17.7 Å². The number of carboxylic acid groups (broad SMARTS) is 1. The standard InChI is InChI=1S/C15H11BrFNO4/c16-11-6-10(17)7-12(13(11)14(19)20)18-15(21)22-8-9-4-2-1-3-5-9/h1-7H,8H2,(H,18,21)(H,19,20). The van der Waals surface area contributed by atoms with Crippen molar-refractivity contribution < 1.29 is 23.8 Å². The lowest BCUT2D eigenvalue weighted by Gasteiger charge is -2.11. The van der Waals surface area contributed by atoms with Gasteiger partial charge in [0.25, 0.3) is 0 Å². The first-order chi connectivity index (χ1) is 10.5. The maximum absolute atomic E-state index is 13.4. The van der Waals surface area contributed by atoms with Gasteiger partial charge in [-0.25, -0.2) is 14.0 Å². The minimum atomic E-state index is -1.30. The van der Waals surface area contributed by atoms with Crippen LogP contribution in [0.4, 0.5) is 14.9 Å². The topological polar surface area (TPSA) is 75.6 Å². The van der Waals surface area contributed by atoms with Crippen molar-refractivity contribution in [3.63, 3.8) is 0 Å². The molecule has 0 saturated heterocycles. The highest BCUT2D eigenvalue weighted by atomic mass is 79.9. The van der Waals surface area contributed by atoms with E-state index >= 15 is 0 Å². The molecule has 0 bridgehead atoms. The van der Waals surface area contributed by atoms with Crippen LogP contribution in [-0.4, -0.2) is 17.2 Å². The third kappa shape index (κ3) is 4.05. The summed E-state index contributed by atoms with van der Waals surface area (Å²) in [6.07, 6.45) is -0.871. The molecule has 0 atom stereocenters. The molecule has 0 radical (unpaired) electrons. The predicted molar refractivity (Wildman–Crippen MR) is 81.3 cm³/mol. The molecule has 2 N–H and O–H groups in total. The molecular formula is C15H11BrFNO4. The molecule has 0 aliphatic heterocycles. The van der Waals surface area contributed by atoms with E-state index in [9.17, 15) is 14.0 Å². The monoisotopic (exact) mass is 367 g/mol. The first-order valence-electron chi connectivity index (χ1n) is 6.17. The Hall–Kier alpha value is -2.41. The van der Waals surface area contributed by atoms with Gasteiger partial charge in [0.2, 0.25) is 0 Å². The number of hydrogen-bond acceptors (Lipinski definition) is 3. The van der Waals surface area contributed by atoms with Gasteiger partial charge in [-0.15, -0.1) is 0 Å². The number of nitrogens with one attached hydrogen (secondary N) is 1. The highest BCUT2D eigenvalue weighted by molar-refractivity contribution is 9.10. The number of halogens is 2. The molecule has 7 heteroatoms. The number of ether oxygens (including phenoxy) is 1. The molecule has 2 rings (SSSR count). The number of carbonyl (C=O) groups excluding carboxylic acids is 1. The van der Waals surface area contributed by atoms with Crippen molar-refractivity contribution in [2.75, 3.05) is 5.32 Å². The highest BCUT2D eigenvalue weighted by Crippen LogP contribution is 2.27. The van der Waals surface area contributed by atoms with E-state index in [2.05, 4.69) is 21.2 Å². The van der Waals surface area contributed by atoms with E-state index in [4.69, 9.17) is 9.84 Å². The summed E-state index contributed by atoms with van der Waals surface area (Å²) in [5, 5.41) is 11.3. The largest absolute Gasteiger partial charge is 0.478 e. The Labute approximate surface area is 133 Å². The quantitative estimate of drug-likeness (QED) is 0.854. The van der Waals surface area contributed by atoms with Gasteiger partial charge < -0.3 is 9.84 Å². The van der Waals surface area contributed by atoms with Crippen molar-refractivity contribution in [1.29, 1.82) is 0 Å². The zero-order valence-electron chi connectivity index (χ0n) is 11.2. The molecule has 1 amide bonds. The zero-order valence-corrected chi connectivity index (χ0v) is 12.8.